The van der Waals surface area contributed by atoms with Crippen molar-refractivity contribution in [3.8, 4) is 0 Å². The van der Waals surface area contributed by atoms with Crippen LogP contribution in [0.5, 0.6) is 0 Å². The minimum Gasteiger partial charge on any atom is -0.385 e. The molecule has 0 aromatic carbocycles. The van der Waals surface area contributed by atoms with Crippen LogP contribution in [0.4, 0.5) is 0 Å². The second-order valence-electron chi connectivity index (χ2n) is 5.18. The molecule has 0 aliphatic heterocycles. The number of methoxy groups -OCH3 is 1. The summed E-state index contributed by atoms with van der Waals surface area (Å²) in [5, 5.41) is 0. The third kappa shape index (κ3) is 5.43. The number of hydrogen-bond acceptors (Lipinski definition) is 3. The fourth-order valence-corrected chi connectivity index (χ4v) is 3.92. The molecule has 1 aliphatic rings. The van der Waals surface area contributed by atoms with Gasteiger partial charge in [-0.15, -0.1) is 11.6 Å². The monoisotopic (exact) mass is 297 g/mol. The summed E-state index contributed by atoms with van der Waals surface area (Å²) >= 11 is 6.04. The molecule has 0 radical (unpaired) electrons. The molecule has 0 heterocycles. The summed E-state index contributed by atoms with van der Waals surface area (Å²) in [5.41, 5.74) is -0.0336. The highest BCUT2D eigenvalue weighted by molar-refractivity contribution is 7.89. The summed E-state index contributed by atoms with van der Waals surface area (Å²) < 4.78 is 31.2. The van der Waals surface area contributed by atoms with Crippen molar-refractivity contribution in [1.29, 1.82) is 0 Å². The van der Waals surface area contributed by atoms with E-state index in [-0.39, 0.29) is 11.2 Å². The van der Waals surface area contributed by atoms with Crippen LogP contribution in [0.1, 0.15) is 38.5 Å². The lowest BCUT2D eigenvalue weighted by atomic mass is 9.76. The molecule has 18 heavy (non-hydrogen) atoms. The van der Waals surface area contributed by atoms with Crippen molar-refractivity contribution in [1.82, 2.24) is 4.72 Å². The van der Waals surface area contributed by atoms with Gasteiger partial charge in [0.25, 0.3) is 0 Å². The largest absolute Gasteiger partial charge is 0.385 e. The van der Waals surface area contributed by atoms with Gasteiger partial charge in [-0.2, -0.15) is 0 Å². The molecular formula is C12H24ClNO3S. The molecule has 108 valence electrons. The van der Waals surface area contributed by atoms with Crippen LogP contribution in [0, 0.1) is 5.41 Å². The number of sulfonamides is 1. The predicted molar refractivity (Wildman–Crippen MR) is 74.5 cm³/mol. The van der Waals surface area contributed by atoms with Gasteiger partial charge in [0.2, 0.25) is 10.0 Å². The standard InChI is InChI=1S/C12H24ClNO3S/c1-17-8-5-9-18(15,16)14-11-12(10-13)6-3-2-4-7-12/h14H,2-11H2,1H3. The van der Waals surface area contributed by atoms with Crippen molar-refractivity contribution >= 4 is 21.6 Å². The molecule has 0 atom stereocenters. The summed E-state index contributed by atoms with van der Waals surface area (Å²) in [6.07, 6.45) is 6.11. The number of halogens is 1. The van der Waals surface area contributed by atoms with E-state index in [0.29, 0.717) is 25.5 Å². The van der Waals surface area contributed by atoms with Crippen molar-refractivity contribution in [3.05, 3.63) is 0 Å². The van der Waals surface area contributed by atoms with Gasteiger partial charge in [0.05, 0.1) is 5.75 Å². The van der Waals surface area contributed by atoms with Crippen LogP contribution in [0.25, 0.3) is 0 Å². The summed E-state index contributed by atoms with van der Waals surface area (Å²) in [4.78, 5) is 0. The smallest absolute Gasteiger partial charge is 0.211 e. The van der Waals surface area contributed by atoms with E-state index in [0.717, 1.165) is 25.7 Å². The Morgan fingerprint density at radius 2 is 1.94 bits per heavy atom. The van der Waals surface area contributed by atoms with Crippen molar-refractivity contribution in [3.63, 3.8) is 0 Å². The van der Waals surface area contributed by atoms with Gasteiger partial charge in [-0.1, -0.05) is 19.3 Å². The molecule has 1 aliphatic carbocycles. The molecule has 0 amide bonds. The number of rotatable bonds is 8. The maximum atomic E-state index is 11.8. The summed E-state index contributed by atoms with van der Waals surface area (Å²) in [6.45, 7) is 0.952. The SMILES string of the molecule is COCCCS(=O)(=O)NCC1(CCl)CCCCC1. The molecule has 1 saturated carbocycles. The lowest BCUT2D eigenvalue weighted by Crippen LogP contribution is -2.41. The molecule has 0 aromatic rings. The van der Waals surface area contributed by atoms with Crippen molar-refractivity contribution in [2.45, 2.75) is 38.5 Å². The van der Waals surface area contributed by atoms with E-state index in [1.807, 2.05) is 0 Å². The Bertz CT molecular complexity index is 326. The van der Waals surface area contributed by atoms with Gasteiger partial charge in [-0.05, 0) is 24.7 Å². The first kappa shape index (κ1) is 16.2. The van der Waals surface area contributed by atoms with Gasteiger partial charge in [0.15, 0.2) is 0 Å². The minimum absolute atomic E-state index is 0.0336. The number of alkyl halides is 1. The van der Waals surface area contributed by atoms with Crippen LogP contribution < -0.4 is 4.72 Å². The Morgan fingerprint density at radius 1 is 1.28 bits per heavy atom. The Hall–Kier alpha value is 0.160. The van der Waals surface area contributed by atoms with Crippen molar-refractivity contribution < 1.29 is 13.2 Å². The van der Waals surface area contributed by atoms with Crippen LogP contribution in [0.15, 0.2) is 0 Å². The first-order valence-corrected chi connectivity index (χ1v) is 8.74. The molecule has 4 nitrogen and oxygen atoms in total. The molecular weight excluding hydrogens is 274 g/mol. The van der Waals surface area contributed by atoms with Crippen LogP contribution in [0.2, 0.25) is 0 Å². The van der Waals surface area contributed by atoms with E-state index < -0.39 is 10.0 Å². The molecule has 0 unspecified atom stereocenters. The first-order chi connectivity index (χ1) is 8.54. The first-order valence-electron chi connectivity index (χ1n) is 6.56. The van der Waals surface area contributed by atoms with Gasteiger partial charge in [0, 0.05) is 26.1 Å². The molecule has 1 fully saturated rings. The summed E-state index contributed by atoms with van der Waals surface area (Å²) in [5.74, 6) is 0.660. The maximum Gasteiger partial charge on any atom is 0.211 e. The predicted octanol–water partition coefficient (Wildman–Crippen LogP) is 2.13. The Kier molecular flexibility index (Phi) is 6.92. The normalized spacial score (nSPS) is 19.9. The molecule has 0 bridgehead atoms. The molecule has 0 aromatic heterocycles. The number of nitrogens with one attached hydrogen (secondary N) is 1. The molecule has 6 heteroatoms. The fraction of sp³-hybridized carbons (Fsp3) is 1.00. The lowest BCUT2D eigenvalue weighted by Gasteiger charge is -2.35. The zero-order valence-corrected chi connectivity index (χ0v) is 12.7. The van der Waals surface area contributed by atoms with Gasteiger partial charge in [-0.25, -0.2) is 13.1 Å². The molecule has 1 rings (SSSR count). The second-order valence-corrected chi connectivity index (χ2v) is 7.37. The minimum atomic E-state index is -3.19. The van der Waals surface area contributed by atoms with Crippen LogP contribution in [-0.4, -0.2) is 40.3 Å². The van der Waals surface area contributed by atoms with E-state index in [1.54, 1.807) is 7.11 Å². The zero-order chi connectivity index (χ0) is 13.5. The van der Waals surface area contributed by atoms with Gasteiger partial charge in [-0.3, -0.25) is 0 Å². The van der Waals surface area contributed by atoms with Crippen LogP contribution >= 0.6 is 11.6 Å². The third-order valence-corrected chi connectivity index (χ3v) is 5.60. The van der Waals surface area contributed by atoms with E-state index in [1.165, 1.54) is 6.42 Å². The quantitative estimate of drug-likeness (QED) is 0.551. The fourth-order valence-electron chi connectivity index (χ4n) is 2.39. The molecule has 0 spiro atoms. The van der Waals surface area contributed by atoms with Gasteiger partial charge < -0.3 is 4.74 Å². The van der Waals surface area contributed by atoms with Gasteiger partial charge in [0.1, 0.15) is 0 Å². The van der Waals surface area contributed by atoms with E-state index in [2.05, 4.69) is 4.72 Å². The van der Waals surface area contributed by atoms with E-state index >= 15 is 0 Å². The van der Waals surface area contributed by atoms with Crippen molar-refractivity contribution in [2.75, 3.05) is 31.9 Å². The summed E-state index contributed by atoms with van der Waals surface area (Å²) in [6, 6.07) is 0. The van der Waals surface area contributed by atoms with Crippen LogP contribution in [0.3, 0.4) is 0 Å². The zero-order valence-electron chi connectivity index (χ0n) is 11.1. The molecule has 1 N–H and O–H groups in total. The topological polar surface area (TPSA) is 55.4 Å². The van der Waals surface area contributed by atoms with Gasteiger partial charge >= 0.3 is 0 Å². The van der Waals surface area contributed by atoms with Crippen molar-refractivity contribution in [2.24, 2.45) is 5.41 Å². The average molecular weight is 298 g/mol. The third-order valence-electron chi connectivity index (χ3n) is 3.63. The second kappa shape index (κ2) is 7.68. The average Bonchev–Trinajstić information content (AvgIpc) is 2.38. The van der Waals surface area contributed by atoms with Crippen LogP contribution in [-0.2, 0) is 14.8 Å². The Morgan fingerprint density at radius 3 is 2.50 bits per heavy atom. The number of hydrogen-bond donors (Lipinski definition) is 1. The Labute approximate surface area is 115 Å². The van der Waals surface area contributed by atoms with E-state index in [9.17, 15) is 8.42 Å². The number of ether oxygens (including phenoxy) is 1. The Balaban J connectivity index is 2.41. The highest BCUT2D eigenvalue weighted by atomic mass is 35.5. The highest BCUT2D eigenvalue weighted by Crippen LogP contribution is 2.36. The maximum absolute atomic E-state index is 11.8. The van der Waals surface area contributed by atoms with E-state index in [4.69, 9.17) is 16.3 Å². The lowest BCUT2D eigenvalue weighted by molar-refractivity contribution is 0.199. The molecule has 0 saturated heterocycles. The summed E-state index contributed by atoms with van der Waals surface area (Å²) in [7, 11) is -1.62. The highest BCUT2D eigenvalue weighted by Gasteiger charge is 2.32.